The molecular weight excluding hydrogens is 412 g/mol. The number of fused-ring (bicyclic) bond motifs is 1. The van der Waals surface area contributed by atoms with Gasteiger partial charge in [-0.15, -0.1) is 0 Å². The van der Waals surface area contributed by atoms with Gasteiger partial charge in [-0.2, -0.15) is 4.98 Å². The van der Waals surface area contributed by atoms with Crippen LogP contribution in [-0.2, 0) is 9.53 Å². The van der Waals surface area contributed by atoms with Crippen molar-refractivity contribution < 1.29 is 19.1 Å². The van der Waals surface area contributed by atoms with Gasteiger partial charge in [0.25, 0.3) is 11.8 Å². The molecule has 10 nitrogen and oxygen atoms in total. The van der Waals surface area contributed by atoms with Crippen molar-refractivity contribution in [1.29, 1.82) is 0 Å². The molecule has 32 heavy (non-hydrogen) atoms. The highest BCUT2D eigenvalue weighted by molar-refractivity contribution is 6.22. The molecule has 0 aliphatic carbocycles. The maximum Gasteiger partial charge on any atom is 0.262 e. The van der Waals surface area contributed by atoms with Crippen LogP contribution in [0.3, 0.4) is 0 Å². The Hall–Kier alpha value is -3.53. The predicted octanol–water partition coefficient (Wildman–Crippen LogP) is 0.258. The highest BCUT2D eigenvalue weighted by atomic mass is 16.5. The third-order valence-corrected chi connectivity index (χ3v) is 6.05. The minimum Gasteiger partial charge on any atom is -0.378 e. The molecule has 1 aromatic carbocycles. The smallest absolute Gasteiger partial charge is 0.262 e. The van der Waals surface area contributed by atoms with Gasteiger partial charge in [-0.05, 0) is 18.2 Å². The van der Waals surface area contributed by atoms with Gasteiger partial charge in [0.2, 0.25) is 11.9 Å². The lowest BCUT2D eigenvalue weighted by molar-refractivity contribution is -0.131. The average molecular weight is 436 g/mol. The lowest BCUT2D eigenvalue weighted by atomic mass is 10.1. The molecule has 2 fully saturated rings. The fraction of sp³-hybridized carbons (Fsp3) is 0.409. The number of amides is 3. The summed E-state index contributed by atoms with van der Waals surface area (Å²) in [4.78, 5) is 53.9. The van der Waals surface area contributed by atoms with E-state index in [1.807, 2.05) is 6.07 Å². The topological polar surface area (TPSA) is 99.2 Å². The van der Waals surface area contributed by atoms with E-state index in [0.717, 1.165) is 23.8 Å². The van der Waals surface area contributed by atoms with Crippen LogP contribution in [0.25, 0.3) is 0 Å². The molecular formula is C22H24N6O4. The van der Waals surface area contributed by atoms with Crippen molar-refractivity contribution >= 4 is 29.5 Å². The Balaban J connectivity index is 1.19. The molecule has 1 aromatic heterocycles. The molecule has 10 heteroatoms. The fourth-order valence-corrected chi connectivity index (χ4v) is 4.23. The van der Waals surface area contributed by atoms with E-state index in [1.165, 1.54) is 0 Å². The summed E-state index contributed by atoms with van der Waals surface area (Å²) in [5.41, 5.74) is 0.713. The SMILES string of the molecule is O=C(CN1C(=O)c2ccccc2C1=O)N1CCN(c2ccnc(N3CCOCC3)n2)CC1. The van der Waals surface area contributed by atoms with E-state index in [4.69, 9.17) is 9.72 Å². The standard InChI is InChI=1S/C22H24N6O4/c29-19(15-28-20(30)16-3-1-2-4-17(16)21(28)31)26-9-7-25(8-10-26)18-5-6-23-22(24-18)27-11-13-32-14-12-27/h1-6H,7-15H2. The Morgan fingerprint density at radius 1 is 0.875 bits per heavy atom. The fourth-order valence-electron chi connectivity index (χ4n) is 4.23. The van der Waals surface area contributed by atoms with Gasteiger partial charge in [-0.3, -0.25) is 19.3 Å². The van der Waals surface area contributed by atoms with Crippen LogP contribution in [0, 0.1) is 0 Å². The summed E-state index contributed by atoms with van der Waals surface area (Å²) in [6.45, 7) is 4.87. The number of benzene rings is 1. The lowest BCUT2D eigenvalue weighted by Gasteiger charge is -2.36. The zero-order valence-corrected chi connectivity index (χ0v) is 17.6. The molecule has 0 atom stereocenters. The zero-order valence-electron chi connectivity index (χ0n) is 17.6. The molecule has 4 heterocycles. The number of piperazine rings is 1. The van der Waals surface area contributed by atoms with Crippen LogP contribution in [0.4, 0.5) is 11.8 Å². The number of rotatable bonds is 4. The quantitative estimate of drug-likeness (QED) is 0.630. The van der Waals surface area contributed by atoms with Gasteiger partial charge in [-0.25, -0.2) is 4.98 Å². The molecule has 0 radical (unpaired) electrons. The molecule has 3 aliphatic rings. The molecule has 0 saturated carbocycles. The molecule has 3 aliphatic heterocycles. The van der Waals surface area contributed by atoms with Gasteiger partial charge in [0.15, 0.2) is 0 Å². The Morgan fingerprint density at radius 2 is 1.53 bits per heavy atom. The first kappa shape index (κ1) is 20.4. The third-order valence-electron chi connectivity index (χ3n) is 6.05. The summed E-state index contributed by atoms with van der Waals surface area (Å²) in [6.07, 6.45) is 1.76. The number of carbonyl (C=O) groups is 3. The largest absolute Gasteiger partial charge is 0.378 e. The highest BCUT2D eigenvalue weighted by Gasteiger charge is 2.37. The summed E-state index contributed by atoms with van der Waals surface area (Å²) in [5.74, 6) is 0.475. The highest BCUT2D eigenvalue weighted by Crippen LogP contribution is 2.23. The Kier molecular flexibility index (Phi) is 5.44. The first-order valence-corrected chi connectivity index (χ1v) is 10.8. The minimum absolute atomic E-state index is 0.226. The van der Waals surface area contributed by atoms with E-state index in [9.17, 15) is 14.4 Å². The van der Waals surface area contributed by atoms with Crippen molar-refractivity contribution in [3.63, 3.8) is 0 Å². The number of anilines is 2. The summed E-state index contributed by atoms with van der Waals surface area (Å²) in [6, 6.07) is 8.54. The second kappa shape index (κ2) is 8.54. The van der Waals surface area contributed by atoms with Gasteiger partial charge >= 0.3 is 0 Å². The first-order chi connectivity index (χ1) is 15.6. The number of hydrogen-bond donors (Lipinski definition) is 0. The average Bonchev–Trinajstić information content (AvgIpc) is 3.10. The number of carbonyl (C=O) groups excluding carboxylic acids is 3. The summed E-state index contributed by atoms with van der Waals surface area (Å²) < 4.78 is 5.39. The lowest BCUT2D eigenvalue weighted by Crippen LogP contribution is -2.52. The maximum atomic E-state index is 12.8. The van der Waals surface area contributed by atoms with E-state index in [2.05, 4.69) is 14.8 Å². The number of imide groups is 1. The van der Waals surface area contributed by atoms with Crippen molar-refractivity contribution in [2.24, 2.45) is 0 Å². The molecule has 2 aromatic rings. The van der Waals surface area contributed by atoms with Gasteiger partial charge < -0.3 is 19.4 Å². The van der Waals surface area contributed by atoms with Gasteiger partial charge in [-0.1, -0.05) is 12.1 Å². The van der Waals surface area contributed by atoms with Crippen LogP contribution in [0.15, 0.2) is 36.5 Å². The van der Waals surface area contributed by atoms with Gasteiger partial charge in [0.1, 0.15) is 12.4 Å². The molecule has 2 saturated heterocycles. The number of ether oxygens (including phenoxy) is 1. The van der Waals surface area contributed by atoms with Crippen LogP contribution < -0.4 is 9.80 Å². The van der Waals surface area contributed by atoms with E-state index in [0.29, 0.717) is 56.5 Å². The van der Waals surface area contributed by atoms with Crippen molar-refractivity contribution in [2.75, 3.05) is 68.8 Å². The summed E-state index contributed by atoms with van der Waals surface area (Å²) in [5, 5.41) is 0. The van der Waals surface area contributed by atoms with Gasteiger partial charge in [0, 0.05) is 45.5 Å². The normalized spacial score (nSPS) is 18.9. The zero-order chi connectivity index (χ0) is 22.1. The Labute approximate surface area is 185 Å². The number of morpholine rings is 1. The van der Waals surface area contributed by atoms with E-state index < -0.39 is 11.8 Å². The molecule has 0 unspecified atom stereocenters. The monoisotopic (exact) mass is 436 g/mol. The second-order valence-corrected chi connectivity index (χ2v) is 7.92. The Bertz CT molecular complexity index is 1010. The third kappa shape index (κ3) is 3.77. The van der Waals surface area contributed by atoms with Crippen LogP contribution >= 0.6 is 0 Å². The minimum atomic E-state index is -0.408. The summed E-state index contributed by atoms with van der Waals surface area (Å²) in [7, 11) is 0. The van der Waals surface area contributed by atoms with Crippen LogP contribution in [-0.4, -0.2) is 96.5 Å². The van der Waals surface area contributed by atoms with Crippen LogP contribution in [0.1, 0.15) is 20.7 Å². The van der Waals surface area contributed by atoms with Crippen LogP contribution in [0.5, 0.6) is 0 Å². The van der Waals surface area contributed by atoms with Crippen molar-refractivity contribution in [3.05, 3.63) is 47.7 Å². The van der Waals surface area contributed by atoms with E-state index in [-0.39, 0.29) is 12.5 Å². The molecule has 166 valence electrons. The van der Waals surface area contributed by atoms with E-state index in [1.54, 1.807) is 35.4 Å². The predicted molar refractivity (Wildman–Crippen MR) is 116 cm³/mol. The summed E-state index contributed by atoms with van der Waals surface area (Å²) >= 11 is 0. The molecule has 0 spiro atoms. The molecule has 0 N–H and O–H groups in total. The van der Waals surface area contributed by atoms with Crippen molar-refractivity contribution in [2.45, 2.75) is 0 Å². The Morgan fingerprint density at radius 3 is 2.19 bits per heavy atom. The first-order valence-electron chi connectivity index (χ1n) is 10.8. The number of nitrogens with zero attached hydrogens (tertiary/aromatic N) is 6. The second-order valence-electron chi connectivity index (χ2n) is 7.92. The molecule has 5 rings (SSSR count). The molecule has 0 bridgehead atoms. The molecule has 3 amide bonds. The van der Waals surface area contributed by atoms with E-state index >= 15 is 0 Å². The maximum absolute atomic E-state index is 12.8. The van der Waals surface area contributed by atoms with Crippen LogP contribution in [0.2, 0.25) is 0 Å². The number of hydrogen-bond acceptors (Lipinski definition) is 8. The van der Waals surface area contributed by atoms with Crippen molar-refractivity contribution in [1.82, 2.24) is 19.8 Å². The number of aromatic nitrogens is 2. The van der Waals surface area contributed by atoms with Crippen molar-refractivity contribution in [3.8, 4) is 0 Å². The van der Waals surface area contributed by atoms with Gasteiger partial charge in [0.05, 0.1) is 24.3 Å².